The van der Waals surface area contributed by atoms with Crippen molar-refractivity contribution in [2.75, 3.05) is 21.3 Å². The fraction of sp³-hybridized carbons (Fsp3) is 0.167. The third-order valence-electron chi connectivity index (χ3n) is 5.04. The Bertz CT molecular complexity index is 1190. The molecule has 0 aliphatic carbocycles. The summed E-state index contributed by atoms with van der Waals surface area (Å²) in [6, 6.07) is 19.0. The summed E-state index contributed by atoms with van der Waals surface area (Å²) in [5.74, 6) is 1.43. The van der Waals surface area contributed by atoms with Gasteiger partial charge in [-0.1, -0.05) is 12.1 Å². The molecule has 7 heteroatoms. The van der Waals surface area contributed by atoms with Crippen molar-refractivity contribution in [3.05, 3.63) is 78.1 Å². The van der Waals surface area contributed by atoms with Gasteiger partial charge in [-0.25, -0.2) is 4.98 Å². The lowest BCUT2D eigenvalue weighted by atomic mass is 10.1. The molecule has 1 N–H and O–H groups in total. The Kier molecular flexibility index (Phi) is 5.75. The zero-order valence-electron chi connectivity index (χ0n) is 17.6. The van der Waals surface area contributed by atoms with Crippen molar-refractivity contribution >= 4 is 16.9 Å². The first-order valence-corrected chi connectivity index (χ1v) is 9.74. The quantitative estimate of drug-likeness (QED) is 0.492. The van der Waals surface area contributed by atoms with E-state index in [0.717, 1.165) is 22.3 Å². The molecule has 0 aliphatic rings. The molecule has 0 saturated heterocycles. The minimum absolute atomic E-state index is 0.171. The van der Waals surface area contributed by atoms with E-state index >= 15 is 0 Å². The van der Waals surface area contributed by atoms with Crippen molar-refractivity contribution in [3.8, 4) is 22.9 Å². The summed E-state index contributed by atoms with van der Waals surface area (Å²) in [5, 5.41) is 2.93. The second kappa shape index (κ2) is 8.79. The van der Waals surface area contributed by atoms with Crippen LogP contribution in [0.25, 0.3) is 16.7 Å². The van der Waals surface area contributed by atoms with Gasteiger partial charge in [0.25, 0.3) is 5.91 Å². The van der Waals surface area contributed by atoms with Gasteiger partial charge in [0.05, 0.1) is 32.4 Å². The lowest BCUT2D eigenvalue weighted by molar-refractivity contribution is 0.0951. The molecule has 1 aromatic heterocycles. The average molecular weight is 417 g/mol. The van der Waals surface area contributed by atoms with E-state index in [9.17, 15) is 4.79 Å². The minimum Gasteiger partial charge on any atom is -0.493 e. The molecule has 0 unspecified atom stereocenters. The van der Waals surface area contributed by atoms with Crippen LogP contribution in [0.15, 0.2) is 67.0 Å². The predicted molar refractivity (Wildman–Crippen MR) is 118 cm³/mol. The van der Waals surface area contributed by atoms with Gasteiger partial charge in [0.15, 0.2) is 11.5 Å². The summed E-state index contributed by atoms with van der Waals surface area (Å²) < 4.78 is 18.1. The van der Waals surface area contributed by atoms with E-state index in [0.29, 0.717) is 29.4 Å². The van der Waals surface area contributed by atoms with Crippen molar-refractivity contribution in [2.45, 2.75) is 6.54 Å². The van der Waals surface area contributed by atoms with Gasteiger partial charge in [-0.2, -0.15) is 0 Å². The molecule has 0 atom stereocenters. The SMILES string of the molecule is COc1cc(CNC(=O)c2ccc(-n3cnc4ccccc43)cc2)cc(OC)c1OC. The smallest absolute Gasteiger partial charge is 0.251 e. The number of aromatic nitrogens is 2. The van der Waals surface area contributed by atoms with Gasteiger partial charge in [-0.05, 0) is 54.1 Å². The van der Waals surface area contributed by atoms with Gasteiger partial charge in [0.1, 0.15) is 6.33 Å². The van der Waals surface area contributed by atoms with Gasteiger partial charge >= 0.3 is 0 Å². The fourth-order valence-electron chi connectivity index (χ4n) is 3.46. The molecule has 31 heavy (non-hydrogen) atoms. The number of carbonyl (C=O) groups is 1. The van der Waals surface area contributed by atoms with E-state index in [-0.39, 0.29) is 5.91 Å². The molecule has 0 spiro atoms. The second-order valence-electron chi connectivity index (χ2n) is 6.87. The largest absolute Gasteiger partial charge is 0.493 e. The van der Waals surface area contributed by atoms with E-state index in [2.05, 4.69) is 10.3 Å². The summed E-state index contributed by atoms with van der Waals surface area (Å²) in [4.78, 5) is 17.1. The van der Waals surface area contributed by atoms with Crippen molar-refractivity contribution in [3.63, 3.8) is 0 Å². The average Bonchev–Trinajstić information content (AvgIpc) is 3.26. The number of rotatable bonds is 7. The number of hydrogen-bond acceptors (Lipinski definition) is 5. The number of benzene rings is 3. The van der Waals surface area contributed by atoms with E-state index in [1.54, 1.807) is 39.8 Å². The summed E-state index contributed by atoms with van der Waals surface area (Å²) in [6.45, 7) is 0.323. The summed E-state index contributed by atoms with van der Waals surface area (Å²) in [5.41, 5.74) is 4.29. The number of hydrogen-bond donors (Lipinski definition) is 1. The maximum absolute atomic E-state index is 12.6. The van der Waals surface area contributed by atoms with E-state index < -0.39 is 0 Å². The topological polar surface area (TPSA) is 74.6 Å². The highest BCUT2D eigenvalue weighted by Gasteiger charge is 2.14. The number of nitrogens with one attached hydrogen (secondary N) is 1. The van der Waals surface area contributed by atoms with Crippen LogP contribution in [0, 0.1) is 0 Å². The zero-order valence-corrected chi connectivity index (χ0v) is 17.6. The first kappa shape index (κ1) is 20.3. The van der Waals surface area contributed by atoms with Crippen LogP contribution in [0.2, 0.25) is 0 Å². The predicted octanol–water partition coefficient (Wildman–Crippen LogP) is 3.98. The normalized spacial score (nSPS) is 10.7. The molecule has 158 valence electrons. The molecule has 3 aromatic carbocycles. The Morgan fingerprint density at radius 1 is 0.935 bits per heavy atom. The Labute approximate surface area is 180 Å². The van der Waals surface area contributed by atoms with Crippen LogP contribution >= 0.6 is 0 Å². The number of carbonyl (C=O) groups excluding carboxylic acids is 1. The zero-order chi connectivity index (χ0) is 21.8. The number of imidazole rings is 1. The fourth-order valence-corrected chi connectivity index (χ4v) is 3.46. The van der Waals surface area contributed by atoms with Gasteiger partial charge in [0.2, 0.25) is 5.75 Å². The Morgan fingerprint density at radius 2 is 1.61 bits per heavy atom. The highest BCUT2D eigenvalue weighted by Crippen LogP contribution is 2.38. The molecule has 7 nitrogen and oxygen atoms in total. The van der Waals surface area contributed by atoms with Crippen molar-refractivity contribution < 1.29 is 19.0 Å². The summed E-state index contributed by atoms with van der Waals surface area (Å²) in [7, 11) is 4.67. The Balaban J connectivity index is 1.48. The lowest BCUT2D eigenvalue weighted by Gasteiger charge is -2.14. The first-order chi connectivity index (χ1) is 15.1. The summed E-state index contributed by atoms with van der Waals surface area (Å²) >= 11 is 0. The van der Waals surface area contributed by atoms with Crippen molar-refractivity contribution in [1.29, 1.82) is 0 Å². The Morgan fingerprint density at radius 3 is 2.26 bits per heavy atom. The number of para-hydroxylation sites is 2. The molecule has 0 radical (unpaired) electrons. The highest BCUT2D eigenvalue weighted by atomic mass is 16.5. The number of fused-ring (bicyclic) bond motifs is 1. The van der Waals surface area contributed by atoms with Crippen LogP contribution < -0.4 is 19.5 Å². The minimum atomic E-state index is -0.171. The summed E-state index contributed by atoms with van der Waals surface area (Å²) in [6.07, 6.45) is 1.78. The Hall–Kier alpha value is -4.00. The third-order valence-corrected chi connectivity index (χ3v) is 5.04. The maximum atomic E-state index is 12.6. The van der Waals surface area contributed by atoms with E-state index in [1.165, 1.54) is 0 Å². The number of nitrogens with zero attached hydrogens (tertiary/aromatic N) is 2. The van der Waals surface area contributed by atoms with Gasteiger partial charge in [0, 0.05) is 17.8 Å². The van der Waals surface area contributed by atoms with E-state index in [4.69, 9.17) is 14.2 Å². The molecule has 0 fully saturated rings. The number of methoxy groups -OCH3 is 3. The van der Waals surface area contributed by atoms with Gasteiger partial charge < -0.3 is 19.5 Å². The lowest BCUT2D eigenvalue weighted by Crippen LogP contribution is -2.22. The standard InChI is InChI=1S/C24H23N3O4/c1-29-21-12-16(13-22(30-2)23(21)31-3)14-25-24(28)17-8-10-18(11-9-17)27-15-26-19-6-4-5-7-20(19)27/h4-13,15H,14H2,1-3H3,(H,25,28). The molecule has 0 bridgehead atoms. The molecular formula is C24H23N3O4. The highest BCUT2D eigenvalue weighted by molar-refractivity contribution is 5.94. The van der Waals surface area contributed by atoms with Crippen LogP contribution in [-0.2, 0) is 6.54 Å². The van der Waals surface area contributed by atoms with Crippen molar-refractivity contribution in [1.82, 2.24) is 14.9 Å². The van der Waals surface area contributed by atoms with Crippen molar-refractivity contribution in [2.24, 2.45) is 0 Å². The van der Waals surface area contributed by atoms with Crippen LogP contribution in [0.4, 0.5) is 0 Å². The molecule has 0 saturated carbocycles. The van der Waals surface area contributed by atoms with E-state index in [1.807, 2.05) is 53.1 Å². The van der Waals surface area contributed by atoms with Gasteiger partial charge in [-0.3, -0.25) is 9.36 Å². The van der Waals surface area contributed by atoms with Gasteiger partial charge in [-0.15, -0.1) is 0 Å². The number of ether oxygens (including phenoxy) is 3. The maximum Gasteiger partial charge on any atom is 0.251 e. The monoisotopic (exact) mass is 417 g/mol. The van der Waals surface area contributed by atoms with Crippen LogP contribution in [0.1, 0.15) is 15.9 Å². The molecule has 4 rings (SSSR count). The van der Waals surface area contributed by atoms with Crippen LogP contribution in [0.3, 0.4) is 0 Å². The van der Waals surface area contributed by atoms with Crippen LogP contribution in [0.5, 0.6) is 17.2 Å². The molecular weight excluding hydrogens is 394 g/mol. The molecule has 4 aromatic rings. The van der Waals surface area contributed by atoms with Crippen LogP contribution in [-0.4, -0.2) is 36.8 Å². The molecule has 1 heterocycles. The third kappa shape index (κ3) is 4.02. The second-order valence-corrected chi connectivity index (χ2v) is 6.87. The number of amides is 1. The molecule has 1 amide bonds. The molecule has 0 aliphatic heterocycles. The first-order valence-electron chi connectivity index (χ1n) is 9.74.